The molecule has 8 bridgehead atoms. The highest BCUT2D eigenvalue weighted by Crippen LogP contribution is 2.48. The number of methoxy groups -OCH3 is 1. The van der Waals surface area contributed by atoms with Crippen LogP contribution >= 0.6 is 11.3 Å². The van der Waals surface area contributed by atoms with E-state index in [4.69, 9.17) is 9.72 Å². The number of carbonyl (C=O) groups is 3. The molecule has 0 spiro atoms. The van der Waals surface area contributed by atoms with Crippen LogP contribution < -0.4 is 20.1 Å². The van der Waals surface area contributed by atoms with Gasteiger partial charge in [0.25, 0.3) is 5.91 Å². The van der Waals surface area contributed by atoms with Crippen LogP contribution in [0.5, 0.6) is 5.75 Å². The Morgan fingerprint density at radius 2 is 1.98 bits per heavy atom. The average molecular weight is 760 g/mol. The van der Waals surface area contributed by atoms with Crippen LogP contribution in [0.2, 0.25) is 0 Å². The summed E-state index contributed by atoms with van der Waals surface area (Å²) in [6.45, 7) is 5.53. The van der Waals surface area contributed by atoms with Crippen molar-refractivity contribution in [2.24, 2.45) is 11.3 Å². The highest BCUT2D eigenvalue weighted by atomic mass is 32.2. The summed E-state index contributed by atoms with van der Waals surface area (Å²) in [7, 11) is -2.52. The largest absolute Gasteiger partial charge is 0.496 e. The van der Waals surface area contributed by atoms with Crippen molar-refractivity contribution in [3.8, 4) is 17.1 Å². The number of alkyl halides is 2. The lowest BCUT2D eigenvalue weighted by Gasteiger charge is -2.35. The first-order valence-corrected chi connectivity index (χ1v) is 19.3. The highest BCUT2D eigenvalue weighted by Gasteiger charge is 2.66. The lowest BCUT2D eigenvalue weighted by molar-refractivity contribution is -0.141. The number of amides is 3. The fourth-order valence-corrected chi connectivity index (χ4v) is 8.84. The van der Waals surface area contributed by atoms with Gasteiger partial charge >= 0.3 is 0 Å². The number of thiazole rings is 1. The minimum Gasteiger partial charge on any atom is -0.496 e. The summed E-state index contributed by atoms with van der Waals surface area (Å²) < 4.78 is 60.9. The normalized spacial score (nSPS) is 26.6. The predicted octanol–water partition coefficient (Wildman–Crippen LogP) is 2.79. The van der Waals surface area contributed by atoms with Gasteiger partial charge in [-0.1, -0.05) is 32.9 Å². The van der Waals surface area contributed by atoms with Gasteiger partial charge in [0.1, 0.15) is 23.4 Å². The van der Waals surface area contributed by atoms with E-state index in [1.54, 1.807) is 19.2 Å². The van der Waals surface area contributed by atoms with Crippen LogP contribution in [0.4, 0.5) is 13.9 Å². The molecule has 2 aliphatic heterocycles. The second kappa shape index (κ2) is 13.2. The van der Waals surface area contributed by atoms with Gasteiger partial charge in [0, 0.05) is 35.9 Å². The lowest BCUT2D eigenvalue weighted by atomic mass is 9.85. The molecule has 4 aliphatic rings. The van der Waals surface area contributed by atoms with Gasteiger partial charge in [-0.05, 0) is 48.1 Å². The molecular formula is C33H39F2N9O6S2. The smallest absolute Gasteiger partial charge is 0.259 e. The Morgan fingerprint density at radius 3 is 2.65 bits per heavy atom. The summed E-state index contributed by atoms with van der Waals surface area (Å²) in [5.41, 5.74) is -0.686. The summed E-state index contributed by atoms with van der Waals surface area (Å²) in [6.07, 6.45) is 1.53. The molecule has 278 valence electrons. The number of nitrogens with zero attached hydrogens (tertiary/aromatic N) is 6. The summed E-state index contributed by atoms with van der Waals surface area (Å²) in [5, 5.41) is 20.4. The van der Waals surface area contributed by atoms with E-state index in [1.165, 1.54) is 21.0 Å². The Kier molecular flexibility index (Phi) is 9.07. The lowest BCUT2D eigenvalue weighted by Crippen LogP contribution is -2.59. The quantitative estimate of drug-likeness (QED) is 0.321. The zero-order valence-electron chi connectivity index (χ0n) is 28.9. The summed E-state index contributed by atoms with van der Waals surface area (Å²) in [4.78, 5) is 49.4. The van der Waals surface area contributed by atoms with Gasteiger partial charge in [-0.15, -0.1) is 21.5 Å². The molecule has 1 aromatic carbocycles. The van der Waals surface area contributed by atoms with E-state index < -0.39 is 80.8 Å². The Hall–Kier alpha value is -4.52. The van der Waals surface area contributed by atoms with Crippen LogP contribution in [0.1, 0.15) is 63.8 Å². The topological polar surface area (TPSA) is 190 Å². The molecule has 19 heteroatoms. The first-order valence-electron chi connectivity index (χ1n) is 16.9. The van der Waals surface area contributed by atoms with Gasteiger partial charge in [-0.25, -0.2) is 22.2 Å². The van der Waals surface area contributed by atoms with E-state index in [0.717, 1.165) is 11.3 Å². The maximum absolute atomic E-state index is 14.6. The Labute approximate surface area is 302 Å². The maximum atomic E-state index is 14.6. The highest BCUT2D eigenvalue weighted by molar-refractivity contribution is 7.91. The molecule has 3 amide bonds. The van der Waals surface area contributed by atoms with Crippen molar-refractivity contribution in [1.29, 1.82) is 0 Å². The van der Waals surface area contributed by atoms with E-state index in [-0.39, 0.29) is 18.8 Å². The number of fused-ring (bicyclic) bond motifs is 10. The van der Waals surface area contributed by atoms with Crippen LogP contribution in [0.3, 0.4) is 0 Å². The minimum atomic E-state index is -4.09. The number of halogens is 2. The number of aromatic nitrogens is 5. The summed E-state index contributed by atoms with van der Waals surface area (Å²) in [6, 6.07) is 2.60. The van der Waals surface area contributed by atoms with Crippen molar-refractivity contribution < 1.29 is 36.3 Å². The zero-order valence-corrected chi connectivity index (χ0v) is 30.5. The minimum absolute atomic E-state index is 0.0420. The van der Waals surface area contributed by atoms with Crippen molar-refractivity contribution in [3.63, 3.8) is 0 Å². The van der Waals surface area contributed by atoms with Crippen LogP contribution in [0.25, 0.3) is 17.5 Å². The number of allylic oxidation sites excluding steroid dienone is 1. The predicted molar refractivity (Wildman–Crippen MR) is 186 cm³/mol. The molecular weight excluding hydrogens is 721 g/mol. The number of hydrogen-bond donors (Lipinski definition) is 3. The number of hydrogen-bond acceptors (Lipinski definition) is 12. The first kappa shape index (κ1) is 35.9. The van der Waals surface area contributed by atoms with Gasteiger partial charge in [0.05, 0.1) is 30.0 Å². The zero-order chi connectivity index (χ0) is 37.2. The third-order valence-electron chi connectivity index (χ3n) is 9.93. The van der Waals surface area contributed by atoms with E-state index in [1.807, 2.05) is 49.1 Å². The first-order chi connectivity index (χ1) is 24.6. The fourth-order valence-electron chi connectivity index (χ4n) is 6.72. The van der Waals surface area contributed by atoms with Gasteiger partial charge in [0.2, 0.25) is 34.1 Å². The number of nitrogens with one attached hydrogen (secondary N) is 3. The monoisotopic (exact) mass is 759 g/mol. The standard InChI is InChI=1S/C33H39F2N9O6S2/c1-32(2,3)25-29(46)43-15-20(13-23(43)28(45)38-33(14-22(33)26(34)35)30(47)41-52(48,49)21-9-10-21)44-40-27(39-42-44)18-8-11-24(50-4)17(12-18)6-5-7-19-16-51-31(36-19)37-25/h5-6,8,11-12,16,20-23,25-26H,7,9-10,13-15H2,1-4H3,(H,36,37)(H,38,45)(H,41,47)/b6-5+/t20-,22+,23+,25-,33-/m1/s1. The van der Waals surface area contributed by atoms with Crippen molar-refractivity contribution in [2.75, 3.05) is 19.0 Å². The second-order valence-corrected chi connectivity index (χ2v) is 17.6. The van der Waals surface area contributed by atoms with E-state index in [9.17, 15) is 31.6 Å². The van der Waals surface area contributed by atoms with E-state index in [2.05, 4.69) is 26.0 Å². The SMILES string of the molecule is COc1ccc2cc1/C=C/Cc1csc(n1)N[C@@H](C(C)(C)C)C(=O)N1C[C@@H](C[C@H]1C(=O)N[C@]1(C(=O)NS(=O)(=O)C3CC3)C[C@H]1C(F)F)n1nnc-2n1. The molecule has 4 heterocycles. The van der Waals surface area contributed by atoms with Gasteiger partial charge in [-0.3, -0.25) is 19.1 Å². The van der Waals surface area contributed by atoms with Crippen molar-refractivity contribution in [2.45, 2.75) is 88.2 Å². The Bertz CT molecular complexity index is 2040. The van der Waals surface area contributed by atoms with Crippen LogP contribution in [-0.4, -0.2) is 99.2 Å². The van der Waals surface area contributed by atoms with E-state index >= 15 is 0 Å². The molecule has 15 nitrogen and oxygen atoms in total. The molecule has 7 rings (SSSR count). The number of ether oxygens (including phenoxy) is 1. The number of rotatable bonds is 7. The molecule has 0 unspecified atom stereocenters. The fraction of sp³-hybridized carbons (Fsp3) is 0.545. The molecule has 3 aromatic rings. The number of tetrazole rings is 1. The van der Waals surface area contributed by atoms with Crippen LogP contribution in [0.15, 0.2) is 29.7 Å². The van der Waals surface area contributed by atoms with Gasteiger partial charge < -0.3 is 20.3 Å². The number of carbonyl (C=O) groups excluding carboxylic acids is 3. The van der Waals surface area contributed by atoms with E-state index in [0.29, 0.717) is 35.7 Å². The third kappa shape index (κ3) is 6.87. The molecule has 2 aromatic heterocycles. The molecule has 52 heavy (non-hydrogen) atoms. The summed E-state index contributed by atoms with van der Waals surface area (Å²) in [5.74, 6) is -3.25. The molecule has 5 atom stereocenters. The number of anilines is 1. The second-order valence-electron chi connectivity index (χ2n) is 14.8. The molecule has 2 aliphatic carbocycles. The van der Waals surface area contributed by atoms with Gasteiger partial charge in [-0.2, -0.15) is 4.80 Å². The van der Waals surface area contributed by atoms with Crippen LogP contribution in [0, 0.1) is 11.3 Å². The molecule has 3 fully saturated rings. The van der Waals surface area contributed by atoms with Crippen molar-refractivity contribution >= 4 is 50.3 Å². The summed E-state index contributed by atoms with van der Waals surface area (Å²) >= 11 is 1.33. The Balaban J connectivity index is 1.25. The number of benzene rings is 1. The molecule has 3 N–H and O–H groups in total. The molecule has 0 radical (unpaired) electrons. The van der Waals surface area contributed by atoms with Crippen molar-refractivity contribution in [1.82, 2.24) is 40.1 Å². The maximum Gasteiger partial charge on any atom is 0.259 e. The number of sulfonamides is 1. The Morgan fingerprint density at radius 1 is 1.21 bits per heavy atom. The van der Waals surface area contributed by atoms with Crippen molar-refractivity contribution in [3.05, 3.63) is 40.9 Å². The third-order valence-corrected chi connectivity index (χ3v) is 12.6. The van der Waals surface area contributed by atoms with Crippen LogP contribution in [-0.2, 0) is 30.8 Å². The average Bonchev–Trinajstić information content (AvgIpc) is 3.89. The molecule has 2 saturated carbocycles. The molecule has 1 saturated heterocycles. The van der Waals surface area contributed by atoms with Gasteiger partial charge in [0.15, 0.2) is 5.13 Å².